The van der Waals surface area contributed by atoms with Crippen molar-refractivity contribution in [2.45, 2.75) is 20.4 Å². The van der Waals surface area contributed by atoms with Crippen molar-refractivity contribution in [3.8, 4) is 0 Å². The molecule has 25 heavy (non-hydrogen) atoms. The lowest BCUT2D eigenvalue weighted by molar-refractivity contribution is 0.102. The number of halogens is 2. The highest BCUT2D eigenvalue weighted by molar-refractivity contribution is 9.10. The van der Waals surface area contributed by atoms with Gasteiger partial charge in [0.05, 0.1) is 17.9 Å². The van der Waals surface area contributed by atoms with E-state index in [1.165, 1.54) is 12.1 Å². The number of anilines is 1. The number of aryl methyl sites for hydroxylation is 2. The summed E-state index contributed by atoms with van der Waals surface area (Å²) in [6.45, 7) is 4.61. The van der Waals surface area contributed by atoms with Gasteiger partial charge in [0.25, 0.3) is 5.91 Å². The van der Waals surface area contributed by atoms with Crippen LogP contribution >= 0.6 is 15.9 Å². The third kappa shape index (κ3) is 4.14. The molecule has 0 radical (unpaired) electrons. The van der Waals surface area contributed by atoms with Gasteiger partial charge in [-0.2, -0.15) is 5.10 Å². The van der Waals surface area contributed by atoms with Crippen LogP contribution in [-0.2, 0) is 6.54 Å². The average molecular weight is 402 g/mol. The molecule has 0 spiro atoms. The van der Waals surface area contributed by atoms with Gasteiger partial charge in [-0.15, -0.1) is 0 Å². The first-order valence-electron chi connectivity index (χ1n) is 7.79. The van der Waals surface area contributed by atoms with Crippen LogP contribution in [0, 0.1) is 19.7 Å². The van der Waals surface area contributed by atoms with E-state index in [0.717, 1.165) is 17.0 Å². The zero-order chi connectivity index (χ0) is 18.0. The first kappa shape index (κ1) is 17.4. The molecule has 0 fully saturated rings. The van der Waals surface area contributed by atoms with Crippen molar-refractivity contribution in [2.75, 3.05) is 5.32 Å². The third-order valence-electron chi connectivity index (χ3n) is 3.83. The number of carbonyl (C=O) groups excluding carboxylic acids is 1. The van der Waals surface area contributed by atoms with Crippen LogP contribution in [0.3, 0.4) is 0 Å². The number of carbonyl (C=O) groups is 1. The van der Waals surface area contributed by atoms with Crippen molar-refractivity contribution in [1.82, 2.24) is 9.78 Å². The second kappa shape index (κ2) is 7.19. The summed E-state index contributed by atoms with van der Waals surface area (Å²) in [5.74, 6) is -0.831. The van der Waals surface area contributed by atoms with Crippen LogP contribution in [0.15, 0.2) is 53.0 Å². The predicted molar refractivity (Wildman–Crippen MR) is 99.3 cm³/mol. The molecule has 1 N–H and O–H groups in total. The van der Waals surface area contributed by atoms with Gasteiger partial charge in [-0.1, -0.05) is 28.1 Å². The minimum atomic E-state index is -0.483. The molecule has 2 aromatic carbocycles. The topological polar surface area (TPSA) is 46.9 Å². The zero-order valence-electron chi connectivity index (χ0n) is 13.9. The van der Waals surface area contributed by atoms with Crippen LogP contribution < -0.4 is 5.32 Å². The Hall–Kier alpha value is -2.47. The van der Waals surface area contributed by atoms with Gasteiger partial charge in [0.15, 0.2) is 0 Å². The predicted octanol–water partition coefficient (Wildman–Crippen LogP) is 4.70. The zero-order valence-corrected chi connectivity index (χ0v) is 15.5. The van der Waals surface area contributed by atoms with Crippen molar-refractivity contribution in [3.63, 3.8) is 0 Å². The van der Waals surface area contributed by atoms with Gasteiger partial charge in [0, 0.05) is 15.7 Å². The van der Waals surface area contributed by atoms with Crippen LogP contribution in [0.5, 0.6) is 0 Å². The Bertz CT molecular complexity index is 919. The molecule has 3 rings (SSSR count). The monoisotopic (exact) mass is 401 g/mol. The number of hydrogen-bond donors (Lipinski definition) is 1. The molecule has 3 aromatic rings. The molecule has 0 bridgehead atoms. The molecule has 1 amide bonds. The summed E-state index contributed by atoms with van der Waals surface area (Å²) in [6, 6.07) is 13.7. The van der Waals surface area contributed by atoms with E-state index in [-0.39, 0.29) is 11.6 Å². The summed E-state index contributed by atoms with van der Waals surface area (Å²) >= 11 is 3.19. The molecule has 0 saturated heterocycles. The summed E-state index contributed by atoms with van der Waals surface area (Å²) in [7, 11) is 0. The van der Waals surface area contributed by atoms with E-state index in [9.17, 15) is 9.18 Å². The minimum absolute atomic E-state index is 0.153. The lowest BCUT2D eigenvalue weighted by Crippen LogP contribution is -2.13. The van der Waals surface area contributed by atoms with E-state index in [1.807, 2.05) is 36.7 Å². The molecule has 128 valence electrons. The maximum Gasteiger partial charge on any atom is 0.255 e. The molecule has 6 heteroatoms. The normalized spacial score (nSPS) is 10.7. The first-order valence-corrected chi connectivity index (χ1v) is 8.58. The van der Waals surface area contributed by atoms with Crippen LogP contribution in [0.25, 0.3) is 0 Å². The van der Waals surface area contributed by atoms with Gasteiger partial charge in [-0.25, -0.2) is 4.39 Å². The number of aromatic nitrogens is 2. The average Bonchev–Trinajstić information content (AvgIpc) is 2.88. The lowest BCUT2D eigenvalue weighted by atomic mass is 10.1. The lowest BCUT2D eigenvalue weighted by Gasteiger charge is -2.08. The van der Waals surface area contributed by atoms with Crippen molar-refractivity contribution < 1.29 is 9.18 Å². The Kier molecular flexibility index (Phi) is 4.99. The highest BCUT2D eigenvalue weighted by Gasteiger charge is 2.10. The van der Waals surface area contributed by atoms with Crippen LogP contribution in [0.4, 0.5) is 10.1 Å². The molecule has 0 saturated carbocycles. The van der Waals surface area contributed by atoms with Gasteiger partial charge >= 0.3 is 0 Å². The number of hydrogen-bond acceptors (Lipinski definition) is 2. The maximum atomic E-state index is 13.8. The largest absolute Gasteiger partial charge is 0.319 e. The smallest absolute Gasteiger partial charge is 0.255 e. The van der Waals surface area contributed by atoms with Crippen LogP contribution in [0.1, 0.15) is 27.3 Å². The number of rotatable bonds is 4. The molecule has 4 nitrogen and oxygen atoms in total. The van der Waals surface area contributed by atoms with Crippen molar-refractivity contribution in [2.24, 2.45) is 0 Å². The van der Waals surface area contributed by atoms with Crippen LogP contribution in [0.2, 0.25) is 0 Å². The van der Waals surface area contributed by atoms with Crippen molar-refractivity contribution in [1.29, 1.82) is 0 Å². The van der Waals surface area contributed by atoms with Crippen molar-refractivity contribution in [3.05, 3.63) is 81.3 Å². The summed E-state index contributed by atoms with van der Waals surface area (Å²) < 4.78 is 16.4. The second-order valence-corrected chi connectivity index (χ2v) is 6.78. The molecule has 0 unspecified atom stereocenters. The minimum Gasteiger partial charge on any atom is -0.319 e. The Morgan fingerprint density at radius 1 is 1.16 bits per heavy atom. The molecule has 0 atom stereocenters. The summed E-state index contributed by atoms with van der Waals surface area (Å²) in [5.41, 5.74) is 3.73. The molecule has 0 aliphatic rings. The second-order valence-electron chi connectivity index (χ2n) is 5.86. The van der Waals surface area contributed by atoms with Crippen LogP contribution in [-0.4, -0.2) is 15.7 Å². The van der Waals surface area contributed by atoms with Gasteiger partial charge in [-0.05, 0) is 55.8 Å². The fourth-order valence-electron chi connectivity index (χ4n) is 2.55. The highest BCUT2D eigenvalue weighted by atomic mass is 79.9. The Morgan fingerprint density at radius 3 is 2.48 bits per heavy atom. The van der Waals surface area contributed by atoms with E-state index in [1.54, 1.807) is 18.2 Å². The molecule has 0 aliphatic heterocycles. The standard InChI is InChI=1S/C19H17BrFN3O/c1-12-9-13(2)24(23-12)11-14-3-5-15(6-4-14)19(25)22-18-8-7-16(20)10-17(18)21/h3-10H,11H2,1-2H3,(H,22,25). The van der Waals surface area contributed by atoms with E-state index < -0.39 is 5.82 Å². The third-order valence-corrected chi connectivity index (χ3v) is 4.32. The fourth-order valence-corrected chi connectivity index (χ4v) is 2.89. The number of amides is 1. The SMILES string of the molecule is Cc1cc(C)n(Cc2ccc(C(=O)Nc3ccc(Br)cc3F)cc2)n1. The highest BCUT2D eigenvalue weighted by Crippen LogP contribution is 2.20. The maximum absolute atomic E-state index is 13.8. The Balaban J connectivity index is 1.71. The summed E-state index contributed by atoms with van der Waals surface area (Å²) in [5, 5.41) is 7.01. The number of benzene rings is 2. The molecule has 1 aromatic heterocycles. The number of nitrogens with zero attached hydrogens (tertiary/aromatic N) is 2. The first-order chi connectivity index (χ1) is 11.9. The Morgan fingerprint density at radius 2 is 1.88 bits per heavy atom. The quantitative estimate of drug-likeness (QED) is 0.688. The van der Waals surface area contributed by atoms with Gasteiger partial charge in [-0.3, -0.25) is 9.48 Å². The van der Waals surface area contributed by atoms with Gasteiger partial charge in [0.1, 0.15) is 5.82 Å². The van der Waals surface area contributed by atoms with Crippen molar-refractivity contribution >= 4 is 27.5 Å². The summed E-state index contributed by atoms with van der Waals surface area (Å²) in [4.78, 5) is 12.3. The van der Waals surface area contributed by atoms with Gasteiger partial charge < -0.3 is 5.32 Å². The fraction of sp³-hybridized carbons (Fsp3) is 0.158. The van der Waals surface area contributed by atoms with E-state index in [4.69, 9.17) is 0 Å². The molecule has 0 aliphatic carbocycles. The van der Waals surface area contributed by atoms with E-state index >= 15 is 0 Å². The van der Waals surface area contributed by atoms with E-state index in [0.29, 0.717) is 16.6 Å². The molecule has 1 heterocycles. The number of nitrogens with one attached hydrogen (secondary N) is 1. The van der Waals surface area contributed by atoms with Gasteiger partial charge in [0.2, 0.25) is 0 Å². The molecular formula is C19H17BrFN3O. The molecular weight excluding hydrogens is 385 g/mol. The summed E-state index contributed by atoms with van der Waals surface area (Å²) in [6.07, 6.45) is 0. The Labute approximate surface area is 153 Å². The van der Waals surface area contributed by atoms with E-state index in [2.05, 4.69) is 26.3 Å².